The Morgan fingerprint density at radius 2 is 1.76 bits per heavy atom. The van der Waals surface area contributed by atoms with Crippen LogP contribution < -0.4 is 0 Å². The molecule has 5 heteroatoms. The Balaban J connectivity index is 5.32. The number of carbonyl (C=O) groups excluding carboxylic acids is 1. The average molecular weight is 371 g/mol. The van der Waals surface area contributed by atoms with Gasteiger partial charge in [-0.2, -0.15) is 0 Å². The molecular weight excluding hydrogens is 332 g/mol. The molecule has 0 amide bonds. The summed E-state index contributed by atoms with van der Waals surface area (Å²) in [7, 11) is -0.607. The molecule has 0 radical (unpaired) electrons. The van der Waals surface area contributed by atoms with Crippen molar-refractivity contribution >= 4 is 14.3 Å². The van der Waals surface area contributed by atoms with Gasteiger partial charge in [-0.05, 0) is 50.9 Å². The van der Waals surface area contributed by atoms with Crippen LogP contribution in [0.2, 0.25) is 18.1 Å². The van der Waals surface area contributed by atoms with Crippen molar-refractivity contribution in [3.05, 3.63) is 23.3 Å². The molecule has 0 aromatic carbocycles. The maximum Gasteiger partial charge on any atom is 0.333 e. The smallest absolute Gasteiger partial charge is 0.333 e. The predicted octanol–water partition coefficient (Wildman–Crippen LogP) is 4.85. The highest BCUT2D eigenvalue weighted by Gasteiger charge is 2.41. The van der Waals surface area contributed by atoms with E-state index >= 15 is 0 Å². The molecule has 0 aromatic heterocycles. The Bertz CT molecular complexity index is 500. The van der Waals surface area contributed by atoms with E-state index in [2.05, 4.69) is 46.9 Å². The summed E-state index contributed by atoms with van der Waals surface area (Å²) in [5.74, 6) is -0.439. The van der Waals surface area contributed by atoms with Crippen LogP contribution >= 0.6 is 0 Å². The third kappa shape index (κ3) is 7.08. The first-order chi connectivity index (χ1) is 11.3. The first-order valence-electron chi connectivity index (χ1n) is 9.02. The minimum atomic E-state index is -1.97. The molecule has 0 saturated heterocycles. The van der Waals surface area contributed by atoms with Crippen molar-refractivity contribution in [3.8, 4) is 0 Å². The van der Waals surface area contributed by atoms with E-state index in [1.807, 2.05) is 13.8 Å². The maximum atomic E-state index is 11.5. The number of aliphatic hydroxyl groups is 1. The number of methoxy groups -OCH3 is 1. The Kier molecular flexibility index (Phi) is 9.34. The fourth-order valence-electron chi connectivity index (χ4n) is 2.23. The van der Waals surface area contributed by atoms with E-state index in [9.17, 15) is 9.90 Å². The van der Waals surface area contributed by atoms with Crippen LogP contribution in [0.4, 0.5) is 0 Å². The van der Waals surface area contributed by atoms with Crippen LogP contribution in [0.25, 0.3) is 0 Å². The molecule has 0 bridgehead atoms. The lowest BCUT2D eigenvalue weighted by molar-refractivity contribution is -0.136. The predicted molar refractivity (Wildman–Crippen MR) is 107 cm³/mol. The van der Waals surface area contributed by atoms with E-state index in [-0.39, 0.29) is 23.0 Å². The maximum absolute atomic E-state index is 11.5. The topological polar surface area (TPSA) is 55.8 Å². The van der Waals surface area contributed by atoms with Crippen LogP contribution in [0, 0.1) is 5.92 Å². The van der Waals surface area contributed by atoms with Crippen molar-refractivity contribution in [2.75, 3.05) is 7.11 Å². The fraction of sp³-hybridized carbons (Fsp3) is 0.750. The minimum absolute atomic E-state index is 0.0768. The van der Waals surface area contributed by atoms with Crippen molar-refractivity contribution in [1.82, 2.24) is 0 Å². The third-order valence-corrected chi connectivity index (χ3v) is 9.84. The normalized spacial score (nSPS) is 17.9. The molecule has 1 N–H and O–H groups in total. The number of aliphatic hydroxyl groups excluding tert-OH is 1. The molecule has 0 rings (SSSR count). The molecule has 0 unspecified atom stereocenters. The second kappa shape index (κ2) is 9.69. The third-order valence-electron chi connectivity index (χ3n) is 5.39. The molecule has 146 valence electrons. The van der Waals surface area contributed by atoms with Gasteiger partial charge in [0.2, 0.25) is 0 Å². The van der Waals surface area contributed by atoms with Gasteiger partial charge in [-0.3, -0.25) is 0 Å². The summed E-state index contributed by atoms with van der Waals surface area (Å²) in [5.41, 5.74) is 1.64. The molecule has 3 atom stereocenters. The first kappa shape index (κ1) is 24.1. The summed E-state index contributed by atoms with van der Waals surface area (Å²) >= 11 is 0. The van der Waals surface area contributed by atoms with E-state index in [4.69, 9.17) is 9.16 Å². The van der Waals surface area contributed by atoms with Gasteiger partial charge in [0, 0.05) is 11.5 Å². The van der Waals surface area contributed by atoms with Crippen molar-refractivity contribution in [3.63, 3.8) is 0 Å². The average Bonchev–Trinajstić information content (AvgIpc) is 2.53. The van der Waals surface area contributed by atoms with Crippen LogP contribution in [-0.4, -0.2) is 38.7 Å². The number of allylic oxidation sites excluding steroid dienone is 1. The molecule has 0 aliphatic heterocycles. The SMILES string of the molecule is C/C=C(\C)[C@@H](O[Si](C)(C)C(C)(C)C)[C@@H](C)[C@H](O)C/C=C(\C)C(=O)OC. The van der Waals surface area contributed by atoms with Crippen molar-refractivity contribution in [1.29, 1.82) is 0 Å². The molecule has 0 fully saturated rings. The number of hydrogen-bond donors (Lipinski definition) is 1. The summed E-state index contributed by atoms with van der Waals surface area (Å²) < 4.78 is 11.3. The van der Waals surface area contributed by atoms with Crippen LogP contribution in [0.5, 0.6) is 0 Å². The van der Waals surface area contributed by atoms with E-state index in [0.717, 1.165) is 5.57 Å². The molecule has 0 aliphatic carbocycles. The summed E-state index contributed by atoms with van der Waals surface area (Å²) in [6.45, 7) is 18.8. The van der Waals surface area contributed by atoms with Gasteiger partial charge in [0.05, 0.1) is 19.3 Å². The lowest BCUT2D eigenvalue weighted by atomic mass is 9.91. The van der Waals surface area contributed by atoms with Crippen LogP contribution in [-0.2, 0) is 14.0 Å². The fourth-order valence-corrected chi connectivity index (χ4v) is 3.62. The molecule has 4 nitrogen and oxygen atoms in total. The number of hydrogen-bond acceptors (Lipinski definition) is 4. The summed E-state index contributed by atoms with van der Waals surface area (Å²) in [5, 5.41) is 10.7. The van der Waals surface area contributed by atoms with E-state index in [1.54, 1.807) is 13.0 Å². The molecule has 25 heavy (non-hydrogen) atoms. The number of carbonyl (C=O) groups is 1. The summed E-state index contributed by atoms with van der Waals surface area (Å²) in [6, 6.07) is 0. The van der Waals surface area contributed by atoms with Crippen LogP contribution in [0.15, 0.2) is 23.3 Å². The Labute approximate surface area is 155 Å². The molecule has 0 aliphatic rings. The van der Waals surface area contributed by atoms with Crippen molar-refractivity contribution in [2.45, 2.75) is 85.2 Å². The molecule has 0 heterocycles. The van der Waals surface area contributed by atoms with Gasteiger partial charge in [0.15, 0.2) is 8.32 Å². The summed E-state index contributed by atoms with van der Waals surface area (Å²) in [4.78, 5) is 11.5. The lowest BCUT2D eigenvalue weighted by Gasteiger charge is -2.42. The minimum Gasteiger partial charge on any atom is -0.466 e. The van der Waals surface area contributed by atoms with Gasteiger partial charge in [-0.1, -0.05) is 39.8 Å². The standard InChI is InChI=1S/C20H38O4Si/c1-11-14(2)18(24-25(9,10)20(5,6)7)16(4)17(21)13-12-15(3)19(22)23-8/h11-12,16-18,21H,13H2,1-10H3/b14-11+,15-12+/t16-,17+,18+/m0/s1. The zero-order chi connectivity index (χ0) is 20.0. The van der Waals surface area contributed by atoms with Gasteiger partial charge >= 0.3 is 5.97 Å². The van der Waals surface area contributed by atoms with Gasteiger partial charge in [0.1, 0.15) is 0 Å². The quantitative estimate of drug-likeness (QED) is 0.287. The zero-order valence-electron chi connectivity index (χ0n) is 17.8. The second-order valence-corrected chi connectivity index (χ2v) is 13.1. The molecule has 0 aromatic rings. The highest BCUT2D eigenvalue weighted by molar-refractivity contribution is 6.74. The van der Waals surface area contributed by atoms with Gasteiger partial charge in [-0.25, -0.2) is 4.79 Å². The second-order valence-electron chi connectivity index (χ2n) is 8.37. The Hall–Kier alpha value is -0.913. The van der Waals surface area contributed by atoms with Gasteiger partial charge in [-0.15, -0.1) is 0 Å². The molecule has 0 saturated carbocycles. The number of esters is 1. The number of rotatable bonds is 8. The highest BCUT2D eigenvalue weighted by atomic mass is 28.4. The Morgan fingerprint density at radius 1 is 1.24 bits per heavy atom. The largest absolute Gasteiger partial charge is 0.466 e. The van der Waals surface area contributed by atoms with Gasteiger partial charge in [0.25, 0.3) is 0 Å². The highest BCUT2D eigenvalue weighted by Crippen LogP contribution is 2.39. The molecular formula is C20H38O4Si. The van der Waals surface area contributed by atoms with E-state index in [1.165, 1.54) is 7.11 Å². The molecule has 0 spiro atoms. The first-order valence-corrected chi connectivity index (χ1v) is 11.9. The van der Waals surface area contributed by atoms with Crippen molar-refractivity contribution in [2.24, 2.45) is 5.92 Å². The van der Waals surface area contributed by atoms with Crippen LogP contribution in [0.3, 0.4) is 0 Å². The van der Waals surface area contributed by atoms with Crippen LogP contribution in [0.1, 0.15) is 54.9 Å². The Morgan fingerprint density at radius 3 is 2.16 bits per heavy atom. The summed E-state index contributed by atoms with van der Waals surface area (Å²) in [6.07, 6.45) is 3.46. The lowest BCUT2D eigenvalue weighted by Crippen LogP contribution is -2.47. The van der Waals surface area contributed by atoms with E-state index in [0.29, 0.717) is 12.0 Å². The van der Waals surface area contributed by atoms with Crippen molar-refractivity contribution < 1.29 is 19.1 Å². The number of ether oxygens (including phenoxy) is 1. The monoisotopic (exact) mass is 370 g/mol. The van der Waals surface area contributed by atoms with E-state index < -0.39 is 14.4 Å². The zero-order valence-corrected chi connectivity index (χ0v) is 18.8. The van der Waals surface area contributed by atoms with Gasteiger partial charge < -0.3 is 14.3 Å².